The van der Waals surface area contributed by atoms with Gasteiger partial charge in [0.1, 0.15) is 17.5 Å². The van der Waals surface area contributed by atoms with Gasteiger partial charge in [0.05, 0.1) is 18.2 Å². The Bertz CT molecular complexity index is 880. The highest BCUT2D eigenvalue weighted by Crippen LogP contribution is 2.25. The molecule has 0 bridgehead atoms. The first-order valence-electron chi connectivity index (χ1n) is 6.95. The molecular formula is C17H11F3N2O2. The normalized spacial score (nSPS) is 10.6. The average molecular weight is 332 g/mol. The van der Waals surface area contributed by atoms with Crippen molar-refractivity contribution in [2.75, 3.05) is 5.32 Å². The molecule has 0 aliphatic carbocycles. The number of nitrogens with one attached hydrogen (secondary N) is 1. The van der Waals surface area contributed by atoms with Crippen LogP contribution in [0.2, 0.25) is 0 Å². The quantitative estimate of drug-likeness (QED) is 0.787. The molecule has 1 N–H and O–H groups in total. The van der Waals surface area contributed by atoms with E-state index in [1.165, 1.54) is 30.8 Å². The third kappa shape index (κ3) is 3.45. The van der Waals surface area contributed by atoms with E-state index >= 15 is 0 Å². The van der Waals surface area contributed by atoms with Gasteiger partial charge in [-0.2, -0.15) is 0 Å². The Labute approximate surface area is 134 Å². The third-order valence-corrected chi connectivity index (χ3v) is 3.32. The lowest BCUT2D eigenvalue weighted by Crippen LogP contribution is -2.15. The van der Waals surface area contributed by atoms with E-state index in [4.69, 9.17) is 4.42 Å². The Morgan fingerprint density at radius 2 is 1.92 bits per heavy atom. The molecule has 0 radical (unpaired) electrons. The molecule has 1 aromatic heterocycles. The van der Waals surface area contributed by atoms with Gasteiger partial charge in [0.15, 0.2) is 12.2 Å². The van der Waals surface area contributed by atoms with Gasteiger partial charge in [0.25, 0.3) is 0 Å². The molecule has 7 heteroatoms. The second-order valence-electron chi connectivity index (χ2n) is 5.02. The average Bonchev–Trinajstić information content (AvgIpc) is 3.04. The van der Waals surface area contributed by atoms with E-state index < -0.39 is 23.4 Å². The lowest BCUT2D eigenvalue weighted by molar-refractivity contribution is -0.115. The third-order valence-electron chi connectivity index (χ3n) is 3.32. The molecule has 3 aromatic rings. The van der Waals surface area contributed by atoms with E-state index in [0.29, 0.717) is 6.07 Å². The van der Waals surface area contributed by atoms with Crippen molar-refractivity contribution < 1.29 is 22.4 Å². The molecule has 4 nitrogen and oxygen atoms in total. The minimum Gasteiger partial charge on any atom is -0.443 e. The Balaban J connectivity index is 1.71. The predicted molar refractivity (Wildman–Crippen MR) is 80.6 cm³/mol. The second kappa shape index (κ2) is 6.57. The molecule has 2 aromatic carbocycles. The van der Waals surface area contributed by atoms with Crippen molar-refractivity contribution in [1.82, 2.24) is 4.98 Å². The second-order valence-corrected chi connectivity index (χ2v) is 5.02. The number of carbonyl (C=O) groups excluding carboxylic acids is 1. The number of aromatic nitrogens is 1. The fraction of sp³-hybridized carbons (Fsp3) is 0.0588. The van der Waals surface area contributed by atoms with Crippen LogP contribution in [-0.2, 0) is 11.2 Å². The maximum absolute atomic E-state index is 14.1. The number of anilines is 1. The van der Waals surface area contributed by atoms with Crippen LogP contribution in [0.1, 0.15) is 5.56 Å². The first-order valence-corrected chi connectivity index (χ1v) is 6.95. The Morgan fingerprint density at radius 3 is 2.58 bits per heavy atom. The predicted octanol–water partition coefficient (Wildman–Crippen LogP) is 3.94. The first kappa shape index (κ1) is 15.8. The van der Waals surface area contributed by atoms with Gasteiger partial charge in [0.2, 0.25) is 5.91 Å². The molecule has 3 rings (SSSR count). The maximum Gasteiger partial charge on any atom is 0.228 e. The summed E-state index contributed by atoms with van der Waals surface area (Å²) in [6.07, 6.45) is 2.26. The highest BCUT2D eigenvalue weighted by Gasteiger charge is 2.12. The van der Waals surface area contributed by atoms with E-state index in [-0.39, 0.29) is 29.0 Å². The Kier molecular flexibility index (Phi) is 4.33. The van der Waals surface area contributed by atoms with Crippen molar-refractivity contribution in [3.05, 3.63) is 72.0 Å². The largest absolute Gasteiger partial charge is 0.443 e. The minimum absolute atomic E-state index is 0.0488. The van der Waals surface area contributed by atoms with Crippen LogP contribution in [0.4, 0.5) is 18.9 Å². The summed E-state index contributed by atoms with van der Waals surface area (Å²) in [5, 5.41) is 2.46. The van der Waals surface area contributed by atoms with E-state index in [1.54, 1.807) is 0 Å². The van der Waals surface area contributed by atoms with Crippen molar-refractivity contribution in [2.45, 2.75) is 6.42 Å². The lowest BCUT2D eigenvalue weighted by Gasteiger charge is -2.08. The zero-order chi connectivity index (χ0) is 17.1. The van der Waals surface area contributed by atoms with Crippen molar-refractivity contribution in [2.24, 2.45) is 0 Å². The van der Waals surface area contributed by atoms with Gasteiger partial charge in [-0.05, 0) is 29.8 Å². The molecule has 0 aliphatic rings. The smallest absolute Gasteiger partial charge is 0.228 e. The summed E-state index contributed by atoms with van der Waals surface area (Å²) in [7, 11) is 0. The number of nitrogens with zero attached hydrogens (tertiary/aromatic N) is 1. The Morgan fingerprint density at radius 1 is 1.08 bits per heavy atom. The molecule has 122 valence electrons. The van der Waals surface area contributed by atoms with Crippen LogP contribution in [-0.4, -0.2) is 10.9 Å². The fourth-order valence-corrected chi connectivity index (χ4v) is 2.18. The standard InChI is InChI=1S/C17H11F3N2O2/c18-11-2-1-10(14(19)6-11)5-17(23)22-12-3-4-13(15(20)7-12)16-8-21-9-24-16/h1-4,6-9H,5H2,(H,22,23). The number of hydrogen-bond acceptors (Lipinski definition) is 3. The molecule has 1 amide bonds. The molecule has 0 saturated carbocycles. The Hall–Kier alpha value is -3.09. The number of hydrogen-bond donors (Lipinski definition) is 1. The molecular weight excluding hydrogens is 321 g/mol. The maximum atomic E-state index is 14.1. The van der Waals surface area contributed by atoms with E-state index in [9.17, 15) is 18.0 Å². The van der Waals surface area contributed by atoms with Crippen LogP contribution in [0.25, 0.3) is 11.3 Å². The monoisotopic (exact) mass is 332 g/mol. The number of rotatable bonds is 4. The van der Waals surface area contributed by atoms with Gasteiger partial charge >= 0.3 is 0 Å². The van der Waals surface area contributed by atoms with Crippen molar-refractivity contribution >= 4 is 11.6 Å². The van der Waals surface area contributed by atoms with Crippen molar-refractivity contribution in [3.63, 3.8) is 0 Å². The SMILES string of the molecule is O=C(Cc1ccc(F)cc1F)Nc1ccc(-c2cnco2)c(F)c1. The van der Waals surface area contributed by atoms with Gasteiger partial charge in [-0.25, -0.2) is 18.2 Å². The number of amides is 1. The van der Waals surface area contributed by atoms with Crippen LogP contribution < -0.4 is 5.32 Å². The molecule has 1 heterocycles. The van der Waals surface area contributed by atoms with Gasteiger partial charge in [-0.15, -0.1) is 0 Å². The highest BCUT2D eigenvalue weighted by atomic mass is 19.1. The first-order chi connectivity index (χ1) is 11.5. The molecule has 0 fully saturated rings. The van der Waals surface area contributed by atoms with Gasteiger partial charge in [-0.3, -0.25) is 4.79 Å². The lowest BCUT2D eigenvalue weighted by atomic mass is 10.1. The summed E-state index contributed by atoms with van der Waals surface area (Å²) in [4.78, 5) is 15.6. The summed E-state index contributed by atoms with van der Waals surface area (Å²) in [6, 6.07) is 7.00. The van der Waals surface area contributed by atoms with Crippen LogP contribution >= 0.6 is 0 Å². The molecule has 0 unspecified atom stereocenters. The van der Waals surface area contributed by atoms with Crippen molar-refractivity contribution in [3.8, 4) is 11.3 Å². The van der Waals surface area contributed by atoms with Gasteiger partial charge < -0.3 is 9.73 Å². The number of carbonyl (C=O) groups is 1. The van der Waals surface area contributed by atoms with E-state index in [1.807, 2.05) is 0 Å². The van der Waals surface area contributed by atoms with Crippen molar-refractivity contribution in [1.29, 1.82) is 0 Å². The summed E-state index contributed by atoms with van der Waals surface area (Å²) < 4.78 is 45.4. The number of halogens is 3. The molecule has 0 atom stereocenters. The molecule has 0 saturated heterocycles. The molecule has 0 aliphatic heterocycles. The zero-order valence-electron chi connectivity index (χ0n) is 12.2. The molecule has 24 heavy (non-hydrogen) atoms. The van der Waals surface area contributed by atoms with Gasteiger partial charge in [0, 0.05) is 11.8 Å². The summed E-state index contributed by atoms with van der Waals surface area (Å²) in [5.74, 6) is -2.41. The fourth-order valence-electron chi connectivity index (χ4n) is 2.18. The van der Waals surface area contributed by atoms with Crippen LogP contribution in [0.3, 0.4) is 0 Å². The topological polar surface area (TPSA) is 55.1 Å². The van der Waals surface area contributed by atoms with Crippen LogP contribution in [0.15, 0.2) is 53.4 Å². The number of oxazole rings is 1. The molecule has 0 spiro atoms. The van der Waals surface area contributed by atoms with Gasteiger partial charge in [-0.1, -0.05) is 6.07 Å². The summed E-state index contributed by atoms with van der Waals surface area (Å²) >= 11 is 0. The minimum atomic E-state index is -0.808. The summed E-state index contributed by atoms with van der Waals surface area (Å²) in [6.45, 7) is 0. The van der Waals surface area contributed by atoms with Crippen LogP contribution in [0.5, 0.6) is 0 Å². The van der Waals surface area contributed by atoms with E-state index in [0.717, 1.165) is 12.1 Å². The zero-order valence-corrected chi connectivity index (χ0v) is 12.2. The van der Waals surface area contributed by atoms with E-state index in [2.05, 4.69) is 10.3 Å². The van der Waals surface area contributed by atoms with Crippen LogP contribution in [0, 0.1) is 17.5 Å². The summed E-state index contributed by atoms with van der Waals surface area (Å²) in [5.41, 5.74) is 0.464. The number of benzene rings is 2. The highest BCUT2D eigenvalue weighted by molar-refractivity contribution is 5.92.